The van der Waals surface area contributed by atoms with Crippen molar-refractivity contribution in [3.63, 3.8) is 0 Å². The summed E-state index contributed by atoms with van der Waals surface area (Å²) in [6.07, 6.45) is 1.94. The van der Waals surface area contributed by atoms with Crippen molar-refractivity contribution in [2.75, 3.05) is 31.1 Å². The maximum atomic E-state index is 13.7. The molecule has 2 amide bonds. The zero-order valence-corrected chi connectivity index (χ0v) is 26.1. The highest BCUT2D eigenvalue weighted by Crippen LogP contribution is 2.29. The Morgan fingerprint density at radius 1 is 0.978 bits per heavy atom. The van der Waals surface area contributed by atoms with E-state index in [1.54, 1.807) is 19.1 Å². The minimum Gasteiger partial charge on any atom is -0.449 e. The van der Waals surface area contributed by atoms with Crippen molar-refractivity contribution < 1.29 is 32.3 Å². The van der Waals surface area contributed by atoms with Gasteiger partial charge in [0.15, 0.2) is 17.2 Å². The topological polar surface area (TPSA) is 141 Å². The van der Waals surface area contributed by atoms with Gasteiger partial charge in [0.2, 0.25) is 0 Å². The van der Waals surface area contributed by atoms with Crippen molar-refractivity contribution >= 4 is 45.0 Å². The molecular weight excluding hydrogens is 598 g/mol. The zero-order chi connectivity index (χ0) is 32.1. The zero-order valence-electron chi connectivity index (χ0n) is 25.3. The maximum absolute atomic E-state index is 13.7. The predicted octanol–water partition coefficient (Wildman–Crippen LogP) is 4.80. The van der Waals surface area contributed by atoms with Crippen molar-refractivity contribution in [1.29, 1.82) is 0 Å². The molecule has 12 nitrogen and oxygen atoms in total. The number of amides is 2. The van der Waals surface area contributed by atoms with Gasteiger partial charge in [0, 0.05) is 25.2 Å². The molecule has 1 saturated heterocycles. The molecule has 236 valence electrons. The van der Waals surface area contributed by atoms with Crippen LogP contribution in [0, 0.1) is 18.8 Å². The van der Waals surface area contributed by atoms with E-state index in [9.17, 15) is 22.8 Å². The van der Waals surface area contributed by atoms with Crippen LogP contribution in [-0.4, -0.2) is 71.5 Å². The van der Waals surface area contributed by atoms with Gasteiger partial charge in [-0.1, -0.05) is 61.4 Å². The Morgan fingerprint density at radius 2 is 1.71 bits per heavy atom. The molecule has 0 saturated carbocycles. The summed E-state index contributed by atoms with van der Waals surface area (Å²) in [6.45, 7) is 5.79. The number of carbonyl (C=O) groups excluding carboxylic acids is 3. The number of hydrogen-bond donors (Lipinski definition) is 0. The minimum absolute atomic E-state index is 0.0324. The molecule has 1 unspecified atom stereocenters. The lowest BCUT2D eigenvalue weighted by atomic mass is 9.90. The quantitative estimate of drug-likeness (QED) is 0.241. The van der Waals surface area contributed by atoms with E-state index in [1.165, 1.54) is 35.5 Å². The average molecular weight is 634 g/mol. The number of anilines is 1. The van der Waals surface area contributed by atoms with Gasteiger partial charge in [0.1, 0.15) is 12.1 Å². The molecule has 45 heavy (non-hydrogen) atoms. The Bertz CT molecular complexity index is 1790. The van der Waals surface area contributed by atoms with E-state index in [0.29, 0.717) is 13.0 Å². The number of likely N-dealkylation sites (tertiary alicyclic amines) is 1. The van der Waals surface area contributed by atoms with Gasteiger partial charge in [-0.05, 0) is 43.5 Å². The van der Waals surface area contributed by atoms with E-state index in [-0.39, 0.29) is 59.9 Å². The largest absolute Gasteiger partial charge is 0.449 e. The molecule has 13 heteroatoms. The van der Waals surface area contributed by atoms with E-state index in [4.69, 9.17) is 9.47 Å². The molecule has 1 aliphatic rings. The molecule has 1 aliphatic heterocycles. The van der Waals surface area contributed by atoms with Crippen LogP contribution in [-0.2, 0) is 30.9 Å². The Balaban J connectivity index is 1.34. The van der Waals surface area contributed by atoms with Gasteiger partial charge in [-0.15, -0.1) is 0 Å². The Morgan fingerprint density at radius 3 is 2.40 bits per heavy atom. The van der Waals surface area contributed by atoms with Crippen LogP contribution in [0.4, 0.5) is 15.4 Å². The summed E-state index contributed by atoms with van der Waals surface area (Å²) in [5.41, 5.74) is 2.06. The molecule has 4 aromatic rings. The van der Waals surface area contributed by atoms with E-state index in [2.05, 4.69) is 9.97 Å². The Hall–Kier alpha value is -4.78. The maximum Gasteiger partial charge on any atom is 0.415 e. The van der Waals surface area contributed by atoms with Gasteiger partial charge in [0.25, 0.3) is 10.0 Å². The van der Waals surface area contributed by atoms with E-state index in [0.717, 1.165) is 20.0 Å². The molecule has 1 fully saturated rings. The highest BCUT2D eigenvalue weighted by molar-refractivity contribution is 7.90. The summed E-state index contributed by atoms with van der Waals surface area (Å²) >= 11 is 0. The number of aromatic nitrogens is 3. The molecule has 0 radical (unpaired) electrons. The normalized spacial score (nSPS) is 16.5. The lowest BCUT2D eigenvalue weighted by molar-refractivity contribution is -0.122. The predicted molar refractivity (Wildman–Crippen MR) is 166 cm³/mol. The molecular formula is C32H35N5O7S. The summed E-state index contributed by atoms with van der Waals surface area (Å²) in [7, 11) is -3.96. The van der Waals surface area contributed by atoms with Crippen molar-refractivity contribution in [3.05, 3.63) is 84.2 Å². The fraction of sp³-hybridized carbons (Fsp3) is 0.344. The number of rotatable bonds is 10. The summed E-state index contributed by atoms with van der Waals surface area (Å²) < 4.78 is 38.3. The number of Topliss-reactive ketones (excluding diaryl/α,β-unsaturated/α-hetero) is 1. The van der Waals surface area contributed by atoms with Crippen LogP contribution in [0.15, 0.2) is 78.0 Å². The van der Waals surface area contributed by atoms with E-state index < -0.39 is 28.1 Å². The summed E-state index contributed by atoms with van der Waals surface area (Å²) in [5, 5.41) is 0. The van der Waals surface area contributed by atoms with Crippen LogP contribution >= 0.6 is 0 Å². The van der Waals surface area contributed by atoms with Gasteiger partial charge in [0.05, 0.1) is 24.2 Å². The number of nitrogens with zero attached hydrogens (tertiary/aromatic N) is 5. The van der Waals surface area contributed by atoms with Gasteiger partial charge in [-0.25, -0.2) is 31.9 Å². The first kappa shape index (κ1) is 31.6. The molecule has 0 aliphatic carbocycles. The van der Waals surface area contributed by atoms with E-state index in [1.807, 2.05) is 44.2 Å². The van der Waals surface area contributed by atoms with E-state index >= 15 is 0 Å². The van der Waals surface area contributed by atoms with Crippen LogP contribution in [0.3, 0.4) is 0 Å². The van der Waals surface area contributed by atoms with Crippen molar-refractivity contribution in [2.45, 2.75) is 38.7 Å². The Kier molecular flexibility index (Phi) is 9.47. The average Bonchev–Trinajstić information content (AvgIpc) is 3.68. The third-order valence-electron chi connectivity index (χ3n) is 7.84. The standard InChI is InChI=1S/C32H35N5O7S/c1-4-24-18-35(31(39)44-21-23-9-7-6-8-10-23)19-26(24)28(38)20-36(32(40)43-5-2)29-17-33-30-27(34-29)15-16-37(30)45(41,42)25-13-11-22(3)12-14-25/h6-17,24,26H,4-5,18-21H2,1-3H3/t24-,26?/m1/s1. The number of fused-ring (bicyclic) bond motifs is 1. The highest BCUT2D eigenvalue weighted by atomic mass is 32.2. The van der Waals surface area contributed by atoms with Gasteiger partial charge < -0.3 is 14.4 Å². The highest BCUT2D eigenvalue weighted by Gasteiger charge is 2.40. The van der Waals surface area contributed by atoms with Crippen LogP contribution in [0.2, 0.25) is 0 Å². The minimum atomic E-state index is -3.96. The number of carbonyl (C=O) groups is 3. The van der Waals surface area contributed by atoms with Crippen LogP contribution < -0.4 is 4.90 Å². The second-order valence-electron chi connectivity index (χ2n) is 10.8. The molecule has 2 atom stereocenters. The Labute approximate surface area is 261 Å². The van der Waals surface area contributed by atoms with Crippen LogP contribution in [0.1, 0.15) is 31.4 Å². The smallest absolute Gasteiger partial charge is 0.415 e. The second-order valence-corrected chi connectivity index (χ2v) is 12.7. The lowest BCUT2D eigenvalue weighted by Gasteiger charge is -2.23. The third-order valence-corrected chi connectivity index (χ3v) is 9.52. The first-order chi connectivity index (χ1) is 21.6. The van der Waals surface area contributed by atoms with Crippen molar-refractivity contribution in [2.24, 2.45) is 11.8 Å². The summed E-state index contributed by atoms with van der Waals surface area (Å²) in [4.78, 5) is 51.1. The SMILES string of the molecule is CCOC(=O)N(CC(=O)C1CN(C(=O)OCc2ccccc2)C[C@H]1CC)c1cnc2c(ccn2S(=O)(=O)c2ccc(C)cc2)n1. The number of aryl methyl sites for hydroxylation is 1. The van der Waals surface area contributed by atoms with Crippen LogP contribution in [0.25, 0.3) is 11.2 Å². The van der Waals surface area contributed by atoms with Crippen molar-refractivity contribution in [3.8, 4) is 0 Å². The van der Waals surface area contributed by atoms with Gasteiger partial charge in [-0.2, -0.15) is 0 Å². The molecule has 0 spiro atoms. The van der Waals surface area contributed by atoms with Crippen LogP contribution in [0.5, 0.6) is 0 Å². The molecule has 2 aromatic heterocycles. The number of benzene rings is 2. The number of hydrogen-bond acceptors (Lipinski definition) is 9. The fourth-order valence-corrected chi connectivity index (χ4v) is 6.65. The molecule has 2 aromatic carbocycles. The third kappa shape index (κ3) is 6.83. The second kappa shape index (κ2) is 13.5. The first-order valence-corrected chi connectivity index (χ1v) is 16.1. The fourth-order valence-electron chi connectivity index (χ4n) is 5.35. The number of ether oxygens (including phenoxy) is 2. The molecule has 3 heterocycles. The van der Waals surface area contributed by atoms with Crippen molar-refractivity contribution in [1.82, 2.24) is 18.8 Å². The molecule has 5 rings (SSSR count). The first-order valence-electron chi connectivity index (χ1n) is 14.7. The molecule has 0 bridgehead atoms. The monoisotopic (exact) mass is 633 g/mol. The molecule has 0 N–H and O–H groups in total. The lowest BCUT2D eigenvalue weighted by Crippen LogP contribution is -2.41. The number of ketones is 1. The summed E-state index contributed by atoms with van der Waals surface area (Å²) in [6, 6.07) is 17.2. The van der Waals surface area contributed by atoms with Gasteiger partial charge >= 0.3 is 12.2 Å². The van der Waals surface area contributed by atoms with Gasteiger partial charge in [-0.3, -0.25) is 9.69 Å². The summed E-state index contributed by atoms with van der Waals surface area (Å²) in [5.74, 6) is -0.895.